The van der Waals surface area contributed by atoms with Crippen molar-refractivity contribution in [3.63, 3.8) is 0 Å². The van der Waals surface area contributed by atoms with Crippen LogP contribution in [0.2, 0.25) is 0 Å². The number of carbonyl (C=O) groups excluding carboxylic acids is 1. The molecule has 0 N–H and O–H groups in total. The Morgan fingerprint density at radius 2 is 1.92 bits per heavy atom. The number of methoxy groups -OCH3 is 1. The lowest BCUT2D eigenvalue weighted by Gasteiger charge is -2.34. The van der Waals surface area contributed by atoms with Crippen molar-refractivity contribution in [2.24, 2.45) is 0 Å². The summed E-state index contributed by atoms with van der Waals surface area (Å²) in [6.45, 7) is 5.91. The number of rotatable bonds is 7. The van der Waals surface area contributed by atoms with Crippen molar-refractivity contribution < 1.29 is 14.1 Å². The maximum Gasteiger partial charge on any atom is 0.241 e. The van der Waals surface area contributed by atoms with Gasteiger partial charge in [-0.25, -0.2) is 0 Å². The van der Waals surface area contributed by atoms with E-state index in [0.29, 0.717) is 24.7 Å². The van der Waals surface area contributed by atoms with Crippen LogP contribution >= 0.6 is 0 Å². The van der Waals surface area contributed by atoms with Gasteiger partial charge in [0.05, 0.1) is 13.7 Å². The minimum atomic E-state index is 0.270. The van der Waals surface area contributed by atoms with Gasteiger partial charge in [0.25, 0.3) is 0 Å². The zero-order chi connectivity index (χ0) is 18.4. The molecule has 0 spiro atoms. The van der Waals surface area contributed by atoms with Crippen LogP contribution in [0.1, 0.15) is 32.1 Å². The van der Waals surface area contributed by atoms with E-state index in [-0.39, 0.29) is 5.91 Å². The molecule has 1 amide bonds. The molecule has 7 nitrogen and oxygen atoms in total. The first-order valence-electron chi connectivity index (χ1n) is 9.16. The molecule has 0 atom stereocenters. The van der Waals surface area contributed by atoms with Crippen LogP contribution in [0.25, 0.3) is 11.4 Å². The smallest absolute Gasteiger partial charge is 0.241 e. The SMILES string of the molecule is CCCCC(=O)N1CCN(Cc2nc(-c3ccc(OC)cc3)no2)CC1. The Balaban J connectivity index is 1.51. The summed E-state index contributed by atoms with van der Waals surface area (Å²) in [5, 5.41) is 4.07. The third kappa shape index (κ3) is 4.60. The van der Waals surface area contributed by atoms with Crippen molar-refractivity contribution in [3.8, 4) is 17.1 Å². The molecule has 1 aromatic carbocycles. The zero-order valence-electron chi connectivity index (χ0n) is 15.5. The Kier molecular flexibility index (Phi) is 6.22. The first kappa shape index (κ1) is 18.4. The molecule has 1 aliphatic heterocycles. The van der Waals surface area contributed by atoms with Crippen LogP contribution < -0.4 is 4.74 Å². The lowest BCUT2D eigenvalue weighted by Crippen LogP contribution is -2.48. The fourth-order valence-electron chi connectivity index (χ4n) is 3.01. The molecule has 1 fully saturated rings. The molecule has 2 aromatic rings. The fourth-order valence-corrected chi connectivity index (χ4v) is 3.01. The molecule has 1 saturated heterocycles. The van der Waals surface area contributed by atoms with Gasteiger partial charge in [0.1, 0.15) is 5.75 Å². The first-order valence-corrected chi connectivity index (χ1v) is 9.16. The van der Waals surface area contributed by atoms with Gasteiger partial charge in [-0.3, -0.25) is 9.69 Å². The number of ether oxygens (including phenoxy) is 1. The predicted molar refractivity (Wildman–Crippen MR) is 97.7 cm³/mol. The summed E-state index contributed by atoms with van der Waals surface area (Å²) in [4.78, 5) is 20.8. The monoisotopic (exact) mass is 358 g/mol. The van der Waals surface area contributed by atoms with E-state index in [2.05, 4.69) is 22.0 Å². The molecule has 140 valence electrons. The second-order valence-electron chi connectivity index (χ2n) is 6.50. The summed E-state index contributed by atoms with van der Waals surface area (Å²) in [5.74, 6) is 2.24. The highest BCUT2D eigenvalue weighted by Crippen LogP contribution is 2.20. The zero-order valence-corrected chi connectivity index (χ0v) is 15.5. The highest BCUT2D eigenvalue weighted by molar-refractivity contribution is 5.76. The van der Waals surface area contributed by atoms with Gasteiger partial charge in [0.2, 0.25) is 17.6 Å². The maximum atomic E-state index is 12.1. The average Bonchev–Trinajstić information content (AvgIpc) is 3.15. The summed E-state index contributed by atoms with van der Waals surface area (Å²) < 4.78 is 10.6. The number of aromatic nitrogens is 2. The van der Waals surface area contributed by atoms with E-state index in [1.807, 2.05) is 29.2 Å². The normalized spacial score (nSPS) is 15.2. The number of hydrogen-bond donors (Lipinski definition) is 0. The predicted octanol–water partition coefficient (Wildman–Crippen LogP) is 2.58. The molecule has 2 heterocycles. The number of nitrogens with zero attached hydrogens (tertiary/aromatic N) is 4. The number of carbonyl (C=O) groups is 1. The van der Waals surface area contributed by atoms with Crippen molar-refractivity contribution >= 4 is 5.91 Å². The summed E-state index contributed by atoms with van der Waals surface area (Å²) >= 11 is 0. The molecule has 7 heteroatoms. The minimum absolute atomic E-state index is 0.270. The van der Waals surface area contributed by atoms with Crippen LogP contribution in [0.15, 0.2) is 28.8 Å². The lowest BCUT2D eigenvalue weighted by molar-refractivity contribution is -0.133. The van der Waals surface area contributed by atoms with Crippen molar-refractivity contribution in [1.29, 1.82) is 0 Å². The van der Waals surface area contributed by atoms with Crippen molar-refractivity contribution in [2.45, 2.75) is 32.7 Å². The molecular weight excluding hydrogens is 332 g/mol. The number of unbranched alkanes of at least 4 members (excludes halogenated alkanes) is 1. The molecule has 0 aliphatic carbocycles. The van der Waals surface area contributed by atoms with E-state index in [0.717, 1.165) is 50.3 Å². The van der Waals surface area contributed by atoms with Gasteiger partial charge in [-0.2, -0.15) is 4.98 Å². The number of amides is 1. The lowest BCUT2D eigenvalue weighted by atomic mass is 10.2. The van der Waals surface area contributed by atoms with E-state index in [9.17, 15) is 4.79 Å². The average molecular weight is 358 g/mol. The van der Waals surface area contributed by atoms with Crippen LogP contribution in [-0.4, -0.2) is 59.1 Å². The van der Waals surface area contributed by atoms with E-state index in [4.69, 9.17) is 9.26 Å². The van der Waals surface area contributed by atoms with E-state index < -0.39 is 0 Å². The second kappa shape index (κ2) is 8.80. The Labute approximate surface area is 153 Å². The summed E-state index contributed by atoms with van der Waals surface area (Å²) in [5.41, 5.74) is 0.896. The maximum absolute atomic E-state index is 12.1. The second-order valence-corrected chi connectivity index (χ2v) is 6.50. The molecule has 0 radical (unpaired) electrons. The fraction of sp³-hybridized carbons (Fsp3) is 0.526. The van der Waals surface area contributed by atoms with Gasteiger partial charge in [-0.15, -0.1) is 0 Å². The van der Waals surface area contributed by atoms with Gasteiger partial charge in [-0.1, -0.05) is 18.5 Å². The molecule has 1 aromatic heterocycles. The molecule has 3 rings (SSSR count). The Morgan fingerprint density at radius 1 is 1.19 bits per heavy atom. The van der Waals surface area contributed by atoms with Crippen LogP contribution in [0.3, 0.4) is 0 Å². The number of benzene rings is 1. The van der Waals surface area contributed by atoms with Crippen molar-refractivity contribution in [1.82, 2.24) is 19.9 Å². The Morgan fingerprint density at radius 3 is 2.58 bits per heavy atom. The van der Waals surface area contributed by atoms with Gasteiger partial charge >= 0.3 is 0 Å². The molecule has 0 unspecified atom stereocenters. The third-order valence-corrected chi connectivity index (χ3v) is 4.64. The highest BCUT2D eigenvalue weighted by atomic mass is 16.5. The van der Waals surface area contributed by atoms with E-state index in [1.165, 1.54) is 0 Å². The van der Waals surface area contributed by atoms with Crippen LogP contribution in [0.5, 0.6) is 5.75 Å². The van der Waals surface area contributed by atoms with Crippen molar-refractivity contribution in [3.05, 3.63) is 30.2 Å². The summed E-state index contributed by atoms with van der Waals surface area (Å²) in [7, 11) is 1.64. The van der Waals surface area contributed by atoms with Gasteiger partial charge in [0, 0.05) is 38.2 Å². The van der Waals surface area contributed by atoms with Crippen molar-refractivity contribution in [2.75, 3.05) is 33.3 Å². The van der Waals surface area contributed by atoms with Gasteiger partial charge < -0.3 is 14.2 Å². The van der Waals surface area contributed by atoms with E-state index in [1.54, 1.807) is 7.11 Å². The third-order valence-electron chi connectivity index (χ3n) is 4.64. The van der Waals surface area contributed by atoms with Gasteiger partial charge in [-0.05, 0) is 30.7 Å². The highest BCUT2D eigenvalue weighted by Gasteiger charge is 2.22. The number of hydrogen-bond acceptors (Lipinski definition) is 6. The minimum Gasteiger partial charge on any atom is -0.497 e. The molecule has 0 saturated carbocycles. The molecule has 0 bridgehead atoms. The number of piperazine rings is 1. The summed E-state index contributed by atoms with van der Waals surface area (Å²) in [6, 6.07) is 7.57. The largest absolute Gasteiger partial charge is 0.497 e. The summed E-state index contributed by atoms with van der Waals surface area (Å²) in [6.07, 6.45) is 2.68. The standard InChI is InChI=1S/C19H26N4O3/c1-3-4-5-18(24)23-12-10-22(11-13-23)14-17-20-19(21-26-17)15-6-8-16(25-2)9-7-15/h6-9H,3-5,10-14H2,1-2H3. The topological polar surface area (TPSA) is 71.7 Å². The molecular formula is C19H26N4O3. The van der Waals surface area contributed by atoms with Gasteiger partial charge in [0.15, 0.2) is 0 Å². The van der Waals surface area contributed by atoms with Crippen LogP contribution in [-0.2, 0) is 11.3 Å². The van der Waals surface area contributed by atoms with Crippen LogP contribution in [0, 0.1) is 0 Å². The molecule has 26 heavy (non-hydrogen) atoms. The van der Waals surface area contributed by atoms with E-state index >= 15 is 0 Å². The quantitative estimate of drug-likeness (QED) is 0.757. The Bertz CT molecular complexity index is 706. The van der Waals surface area contributed by atoms with Crippen LogP contribution in [0.4, 0.5) is 0 Å². The Hall–Kier alpha value is -2.41. The first-order chi connectivity index (χ1) is 12.7. The molecule has 1 aliphatic rings.